The van der Waals surface area contributed by atoms with Gasteiger partial charge in [0.25, 0.3) is 5.91 Å². The fraction of sp³-hybridized carbons (Fsp3) is 0.421. The van der Waals surface area contributed by atoms with Gasteiger partial charge in [-0.25, -0.2) is 4.68 Å². The van der Waals surface area contributed by atoms with Crippen molar-refractivity contribution in [2.75, 3.05) is 13.1 Å². The summed E-state index contributed by atoms with van der Waals surface area (Å²) in [7, 11) is 0. The van der Waals surface area contributed by atoms with E-state index in [2.05, 4.69) is 10.4 Å². The number of halogens is 1. The number of benzene rings is 1. The first kappa shape index (κ1) is 19.2. The number of carbonyl (C=O) groups excluding carboxylic acids is 2. The van der Waals surface area contributed by atoms with Crippen LogP contribution in [0.4, 0.5) is 0 Å². The number of hydrogen-bond acceptors (Lipinski definition) is 4. The van der Waals surface area contributed by atoms with Crippen LogP contribution in [0.15, 0.2) is 36.5 Å². The number of rotatable bonds is 6. The van der Waals surface area contributed by atoms with Crippen LogP contribution in [0, 0.1) is 0 Å². The van der Waals surface area contributed by atoms with Crippen molar-refractivity contribution < 1.29 is 14.3 Å². The molecule has 0 radical (unpaired) electrons. The van der Waals surface area contributed by atoms with Crippen molar-refractivity contribution in [3.8, 4) is 5.75 Å². The summed E-state index contributed by atoms with van der Waals surface area (Å²) in [6.07, 6.45) is 4.82. The van der Waals surface area contributed by atoms with Gasteiger partial charge in [0, 0.05) is 19.3 Å². The van der Waals surface area contributed by atoms with Gasteiger partial charge in [-0.3, -0.25) is 9.59 Å². The number of hydrogen-bond donors (Lipinski definition) is 1. The Morgan fingerprint density at radius 3 is 2.70 bits per heavy atom. The zero-order chi connectivity index (χ0) is 19.2. The van der Waals surface area contributed by atoms with Gasteiger partial charge < -0.3 is 15.0 Å². The second kappa shape index (κ2) is 8.90. The molecule has 0 aliphatic carbocycles. The molecule has 2 heterocycles. The Balaban J connectivity index is 1.53. The fourth-order valence-electron chi connectivity index (χ4n) is 2.97. The maximum Gasteiger partial charge on any atom is 0.272 e. The van der Waals surface area contributed by atoms with Crippen molar-refractivity contribution in [3.63, 3.8) is 0 Å². The number of nitrogens with zero attached hydrogens (tertiary/aromatic N) is 3. The Morgan fingerprint density at radius 2 is 1.96 bits per heavy atom. The fourth-order valence-corrected chi connectivity index (χ4v) is 3.16. The van der Waals surface area contributed by atoms with Crippen LogP contribution < -0.4 is 10.1 Å². The van der Waals surface area contributed by atoms with E-state index in [1.54, 1.807) is 31.3 Å². The van der Waals surface area contributed by atoms with Gasteiger partial charge in [0.1, 0.15) is 17.5 Å². The van der Waals surface area contributed by atoms with Crippen LogP contribution in [0.1, 0.15) is 36.7 Å². The maximum absolute atomic E-state index is 12.4. The summed E-state index contributed by atoms with van der Waals surface area (Å²) >= 11 is 6.04. The highest BCUT2D eigenvalue weighted by atomic mass is 35.5. The lowest BCUT2D eigenvalue weighted by molar-refractivity contribution is -0.133. The third-order valence-electron chi connectivity index (χ3n) is 4.45. The molecule has 1 saturated heterocycles. The molecule has 0 spiro atoms. The molecule has 3 rings (SSSR count). The molecule has 1 atom stereocenters. The number of para-hydroxylation sites is 1. The molecule has 1 N–H and O–H groups in total. The Labute approximate surface area is 163 Å². The second-order valence-electron chi connectivity index (χ2n) is 6.53. The van der Waals surface area contributed by atoms with Gasteiger partial charge in [0.05, 0.1) is 5.02 Å². The number of amides is 2. The molecule has 2 amide bonds. The first-order chi connectivity index (χ1) is 13.0. The third-order valence-corrected chi connectivity index (χ3v) is 4.76. The lowest BCUT2D eigenvalue weighted by Gasteiger charge is -2.29. The normalized spacial score (nSPS) is 15.3. The van der Waals surface area contributed by atoms with E-state index < -0.39 is 6.04 Å². The molecular weight excluding hydrogens is 368 g/mol. The number of ether oxygens (including phenoxy) is 1. The average molecular weight is 391 g/mol. The highest BCUT2D eigenvalue weighted by Gasteiger charge is 2.24. The number of likely N-dealkylation sites (tertiary alicyclic amines) is 1. The summed E-state index contributed by atoms with van der Waals surface area (Å²) in [6, 6.07) is 8.14. The Bertz CT molecular complexity index is 802. The number of piperidine rings is 1. The monoisotopic (exact) mass is 390 g/mol. The van der Waals surface area contributed by atoms with Crippen LogP contribution in [-0.2, 0) is 11.5 Å². The van der Waals surface area contributed by atoms with Gasteiger partial charge in [-0.2, -0.15) is 5.10 Å². The summed E-state index contributed by atoms with van der Waals surface area (Å²) in [5.41, 5.74) is 0.232. The van der Waals surface area contributed by atoms with Crippen LogP contribution in [0.3, 0.4) is 0 Å². The lowest BCUT2D eigenvalue weighted by atomic mass is 10.1. The van der Waals surface area contributed by atoms with Crippen LogP contribution in [0.2, 0.25) is 5.02 Å². The number of nitrogens with one attached hydrogen (secondary N) is 1. The average Bonchev–Trinajstić information content (AvgIpc) is 3.16. The van der Waals surface area contributed by atoms with E-state index in [-0.39, 0.29) is 24.2 Å². The molecule has 1 aliphatic rings. The Kier molecular flexibility index (Phi) is 6.34. The van der Waals surface area contributed by atoms with Crippen LogP contribution in [-0.4, -0.2) is 45.6 Å². The first-order valence-corrected chi connectivity index (χ1v) is 9.43. The SMILES string of the molecule is CC(NC(=O)c1ccn(COc2ccccc2Cl)n1)C(=O)N1CCCCC1. The van der Waals surface area contributed by atoms with E-state index in [0.717, 1.165) is 32.4 Å². The predicted molar refractivity (Wildman–Crippen MR) is 102 cm³/mol. The predicted octanol–water partition coefficient (Wildman–Crippen LogP) is 2.70. The molecule has 0 bridgehead atoms. The lowest BCUT2D eigenvalue weighted by Crippen LogP contribution is -2.48. The topological polar surface area (TPSA) is 76.5 Å². The molecular formula is C19H23ClN4O3. The van der Waals surface area contributed by atoms with E-state index >= 15 is 0 Å². The molecule has 8 heteroatoms. The van der Waals surface area contributed by atoms with Crippen LogP contribution in [0.5, 0.6) is 5.75 Å². The van der Waals surface area contributed by atoms with Crippen LogP contribution in [0.25, 0.3) is 0 Å². The summed E-state index contributed by atoms with van der Waals surface area (Å²) in [6.45, 7) is 3.34. The molecule has 1 aromatic carbocycles. The molecule has 1 aliphatic heterocycles. The minimum absolute atomic E-state index is 0.0514. The number of carbonyl (C=O) groups is 2. The van der Waals surface area contributed by atoms with Crippen molar-refractivity contribution >= 4 is 23.4 Å². The number of aromatic nitrogens is 2. The quantitative estimate of drug-likeness (QED) is 0.822. The van der Waals surface area contributed by atoms with E-state index in [1.807, 2.05) is 17.0 Å². The third kappa shape index (κ3) is 5.01. The van der Waals surface area contributed by atoms with Crippen molar-refractivity contribution in [2.24, 2.45) is 0 Å². The van der Waals surface area contributed by atoms with Crippen molar-refractivity contribution in [1.29, 1.82) is 0 Å². The summed E-state index contributed by atoms with van der Waals surface area (Å²) in [5, 5.41) is 7.42. The molecule has 2 aromatic rings. The van der Waals surface area contributed by atoms with Gasteiger partial charge in [-0.05, 0) is 44.4 Å². The zero-order valence-corrected chi connectivity index (χ0v) is 16.0. The molecule has 0 saturated carbocycles. The van der Waals surface area contributed by atoms with Gasteiger partial charge in [-0.15, -0.1) is 0 Å². The largest absolute Gasteiger partial charge is 0.470 e. The molecule has 1 aromatic heterocycles. The van der Waals surface area contributed by atoms with E-state index in [1.165, 1.54) is 4.68 Å². The zero-order valence-electron chi connectivity index (χ0n) is 15.2. The second-order valence-corrected chi connectivity index (χ2v) is 6.93. The minimum Gasteiger partial charge on any atom is -0.470 e. The van der Waals surface area contributed by atoms with Crippen molar-refractivity contribution in [2.45, 2.75) is 39.0 Å². The van der Waals surface area contributed by atoms with E-state index in [4.69, 9.17) is 16.3 Å². The van der Waals surface area contributed by atoms with E-state index in [0.29, 0.717) is 10.8 Å². The van der Waals surface area contributed by atoms with Crippen LogP contribution >= 0.6 is 11.6 Å². The van der Waals surface area contributed by atoms with Gasteiger partial charge >= 0.3 is 0 Å². The van der Waals surface area contributed by atoms with Gasteiger partial charge in [-0.1, -0.05) is 23.7 Å². The standard InChI is InChI=1S/C19H23ClN4O3/c1-14(19(26)23-10-5-2-6-11-23)21-18(25)16-9-12-24(22-16)13-27-17-8-4-3-7-15(17)20/h3-4,7-9,12,14H,2,5-6,10-11,13H2,1H3,(H,21,25). The summed E-state index contributed by atoms with van der Waals surface area (Å²) in [5.74, 6) is 0.107. The molecule has 7 nitrogen and oxygen atoms in total. The molecule has 144 valence electrons. The summed E-state index contributed by atoms with van der Waals surface area (Å²) in [4.78, 5) is 26.6. The maximum atomic E-state index is 12.4. The van der Waals surface area contributed by atoms with Crippen molar-refractivity contribution in [3.05, 3.63) is 47.2 Å². The Hall–Kier alpha value is -2.54. The minimum atomic E-state index is -0.583. The van der Waals surface area contributed by atoms with Gasteiger partial charge in [0.15, 0.2) is 6.73 Å². The van der Waals surface area contributed by atoms with Crippen molar-refractivity contribution in [1.82, 2.24) is 20.0 Å². The highest BCUT2D eigenvalue weighted by Crippen LogP contribution is 2.23. The Morgan fingerprint density at radius 1 is 1.22 bits per heavy atom. The summed E-state index contributed by atoms with van der Waals surface area (Å²) < 4.78 is 7.09. The smallest absolute Gasteiger partial charge is 0.272 e. The first-order valence-electron chi connectivity index (χ1n) is 9.05. The molecule has 27 heavy (non-hydrogen) atoms. The molecule has 1 unspecified atom stereocenters. The van der Waals surface area contributed by atoms with Gasteiger partial charge in [0.2, 0.25) is 5.91 Å². The molecule has 1 fully saturated rings. The highest BCUT2D eigenvalue weighted by molar-refractivity contribution is 6.32. The van der Waals surface area contributed by atoms with E-state index in [9.17, 15) is 9.59 Å².